The Morgan fingerprint density at radius 2 is 1.50 bits per heavy atom. The molecule has 3 rings (SSSR count). The molecule has 0 saturated carbocycles. The summed E-state index contributed by atoms with van der Waals surface area (Å²) in [7, 11) is 0. The van der Waals surface area contributed by atoms with Crippen molar-refractivity contribution in [1.82, 2.24) is 5.48 Å². The number of benzene rings is 3. The number of rotatable bonds is 5. The second kappa shape index (κ2) is 8.14. The number of hydrogen-bond acceptors (Lipinski definition) is 3. The third kappa shape index (κ3) is 4.32. The van der Waals surface area contributed by atoms with E-state index in [1.165, 1.54) is 17.6 Å². The van der Waals surface area contributed by atoms with Crippen LogP contribution in [0.4, 0.5) is 13.2 Å². The minimum Gasteiger partial charge on any atom is -0.405 e. The molecule has 0 aliphatic rings. The standard InChI is InChI=1S/C21H16F3NO3/c22-21(23,24)28-19-16(14-8-3-1-4-9-14)12-7-13-17(19)18(20(26)25-27)15-10-5-2-6-11-15/h1-13,18,27H,(H,25,26). The predicted octanol–water partition coefficient (Wildman–Crippen LogP) is 4.89. The maximum absolute atomic E-state index is 13.2. The van der Waals surface area contributed by atoms with E-state index >= 15 is 0 Å². The minimum absolute atomic E-state index is 0.0172. The van der Waals surface area contributed by atoms with Crippen LogP contribution in [0.25, 0.3) is 11.1 Å². The predicted molar refractivity (Wildman–Crippen MR) is 96.8 cm³/mol. The van der Waals surface area contributed by atoms with E-state index in [0.29, 0.717) is 11.1 Å². The molecule has 0 aliphatic heterocycles. The van der Waals surface area contributed by atoms with E-state index in [4.69, 9.17) is 0 Å². The number of amides is 1. The van der Waals surface area contributed by atoms with Crippen LogP contribution in [-0.4, -0.2) is 17.5 Å². The Morgan fingerprint density at radius 1 is 0.893 bits per heavy atom. The summed E-state index contributed by atoms with van der Waals surface area (Å²) in [6.07, 6.45) is -4.96. The molecule has 0 spiro atoms. The molecule has 3 aromatic rings. The van der Waals surface area contributed by atoms with Crippen LogP contribution >= 0.6 is 0 Å². The number of nitrogens with one attached hydrogen (secondary N) is 1. The molecule has 0 saturated heterocycles. The molecule has 0 heterocycles. The van der Waals surface area contributed by atoms with Crippen molar-refractivity contribution in [2.24, 2.45) is 0 Å². The van der Waals surface area contributed by atoms with Crippen molar-refractivity contribution < 1.29 is 27.9 Å². The fourth-order valence-corrected chi connectivity index (χ4v) is 3.04. The first-order valence-electron chi connectivity index (χ1n) is 8.33. The van der Waals surface area contributed by atoms with Gasteiger partial charge in [0.15, 0.2) is 0 Å². The Balaban J connectivity index is 2.25. The molecular formula is C21H16F3NO3. The zero-order valence-corrected chi connectivity index (χ0v) is 14.5. The van der Waals surface area contributed by atoms with E-state index in [1.54, 1.807) is 66.7 Å². The van der Waals surface area contributed by atoms with Crippen LogP contribution in [0, 0.1) is 0 Å². The SMILES string of the molecule is O=C(NO)C(c1ccccc1)c1cccc(-c2ccccc2)c1OC(F)(F)F. The minimum atomic E-state index is -4.96. The van der Waals surface area contributed by atoms with E-state index in [2.05, 4.69) is 4.74 Å². The topological polar surface area (TPSA) is 58.6 Å². The molecule has 0 aliphatic carbocycles. The van der Waals surface area contributed by atoms with Gasteiger partial charge in [-0.25, -0.2) is 5.48 Å². The van der Waals surface area contributed by atoms with Crippen molar-refractivity contribution in [2.75, 3.05) is 0 Å². The number of ether oxygens (including phenoxy) is 1. The quantitative estimate of drug-likeness (QED) is 0.484. The Morgan fingerprint density at radius 3 is 2.07 bits per heavy atom. The smallest absolute Gasteiger partial charge is 0.405 e. The molecule has 1 amide bonds. The van der Waals surface area contributed by atoms with Gasteiger partial charge in [-0.2, -0.15) is 0 Å². The lowest BCUT2D eigenvalue weighted by Gasteiger charge is -2.22. The first-order chi connectivity index (χ1) is 13.4. The first-order valence-corrected chi connectivity index (χ1v) is 8.33. The average Bonchev–Trinajstić information content (AvgIpc) is 2.69. The van der Waals surface area contributed by atoms with Gasteiger partial charge in [0.05, 0.1) is 5.92 Å². The second-order valence-corrected chi connectivity index (χ2v) is 5.96. The van der Waals surface area contributed by atoms with Gasteiger partial charge in [-0.05, 0) is 11.1 Å². The molecule has 7 heteroatoms. The first kappa shape index (κ1) is 19.4. The molecule has 4 nitrogen and oxygen atoms in total. The Bertz CT molecular complexity index is 944. The summed E-state index contributed by atoms with van der Waals surface area (Å²) in [6, 6.07) is 21.0. The van der Waals surface area contributed by atoms with Crippen molar-refractivity contribution in [2.45, 2.75) is 12.3 Å². The molecular weight excluding hydrogens is 371 g/mol. The van der Waals surface area contributed by atoms with Gasteiger partial charge in [0.25, 0.3) is 5.91 Å². The number of carbonyl (C=O) groups excluding carboxylic acids is 1. The fraction of sp³-hybridized carbons (Fsp3) is 0.0952. The fourth-order valence-electron chi connectivity index (χ4n) is 3.04. The van der Waals surface area contributed by atoms with Crippen LogP contribution < -0.4 is 10.2 Å². The van der Waals surface area contributed by atoms with Crippen molar-refractivity contribution in [3.05, 3.63) is 90.0 Å². The molecule has 28 heavy (non-hydrogen) atoms. The van der Waals surface area contributed by atoms with Gasteiger partial charge < -0.3 is 4.74 Å². The highest BCUT2D eigenvalue weighted by Gasteiger charge is 2.36. The van der Waals surface area contributed by atoms with Gasteiger partial charge in [-0.15, -0.1) is 13.2 Å². The lowest BCUT2D eigenvalue weighted by Crippen LogP contribution is -2.28. The van der Waals surface area contributed by atoms with Crippen molar-refractivity contribution in [1.29, 1.82) is 0 Å². The van der Waals surface area contributed by atoms with E-state index in [1.807, 2.05) is 0 Å². The lowest BCUT2D eigenvalue weighted by molar-refractivity contribution is -0.274. The maximum Gasteiger partial charge on any atom is 0.573 e. The van der Waals surface area contributed by atoms with Crippen molar-refractivity contribution >= 4 is 5.91 Å². The molecule has 1 unspecified atom stereocenters. The Hall–Kier alpha value is -3.32. The van der Waals surface area contributed by atoms with Gasteiger partial charge in [-0.1, -0.05) is 78.9 Å². The van der Waals surface area contributed by atoms with Crippen LogP contribution in [0.3, 0.4) is 0 Å². The Labute approximate surface area is 159 Å². The third-order valence-electron chi connectivity index (χ3n) is 4.16. The van der Waals surface area contributed by atoms with Crippen LogP contribution in [-0.2, 0) is 4.79 Å². The van der Waals surface area contributed by atoms with E-state index < -0.39 is 23.9 Å². The van der Waals surface area contributed by atoms with Crippen LogP contribution in [0.5, 0.6) is 5.75 Å². The molecule has 2 N–H and O–H groups in total. The number of para-hydroxylation sites is 1. The molecule has 3 aromatic carbocycles. The van der Waals surface area contributed by atoms with Gasteiger partial charge in [0, 0.05) is 11.1 Å². The zero-order valence-electron chi connectivity index (χ0n) is 14.5. The van der Waals surface area contributed by atoms with Gasteiger partial charge in [0.1, 0.15) is 5.75 Å². The zero-order chi connectivity index (χ0) is 20.1. The van der Waals surface area contributed by atoms with Crippen LogP contribution in [0.2, 0.25) is 0 Å². The Kier molecular flexibility index (Phi) is 5.65. The summed E-state index contributed by atoms with van der Waals surface area (Å²) < 4.78 is 43.9. The summed E-state index contributed by atoms with van der Waals surface area (Å²) in [6.45, 7) is 0. The largest absolute Gasteiger partial charge is 0.573 e. The highest BCUT2D eigenvalue weighted by Crippen LogP contribution is 2.41. The highest BCUT2D eigenvalue weighted by atomic mass is 19.4. The molecule has 0 fully saturated rings. The molecule has 0 radical (unpaired) electrons. The highest BCUT2D eigenvalue weighted by molar-refractivity contribution is 5.88. The number of halogens is 3. The summed E-state index contributed by atoms with van der Waals surface area (Å²) in [5.74, 6) is -2.56. The van der Waals surface area contributed by atoms with Gasteiger partial charge >= 0.3 is 6.36 Å². The van der Waals surface area contributed by atoms with Gasteiger partial charge in [0.2, 0.25) is 0 Å². The van der Waals surface area contributed by atoms with E-state index in [0.717, 1.165) is 0 Å². The molecule has 0 aromatic heterocycles. The van der Waals surface area contributed by atoms with Crippen molar-refractivity contribution in [3.63, 3.8) is 0 Å². The summed E-state index contributed by atoms with van der Waals surface area (Å²) >= 11 is 0. The summed E-state index contributed by atoms with van der Waals surface area (Å²) in [4.78, 5) is 12.4. The average molecular weight is 387 g/mol. The second-order valence-electron chi connectivity index (χ2n) is 5.96. The summed E-state index contributed by atoms with van der Waals surface area (Å²) in [5.41, 5.74) is 2.61. The lowest BCUT2D eigenvalue weighted by atomic mass is 9.87. The molecule has 1 atom stereocenters. The summed E-state index contributed by atoms with van der Waals surface area (Å²) in [5, 5.41) is 9.18. The normalized spacial score (nSPS) is 12.3. The number of alkyl halides is 3. The number of hydrogen-bond donors (Lipinski definition) is 2. The van der Waals surface area contributed by atoms with Crippen LogP contribution in [0.1, 0.15) is 17.0 Å². The number of hydroxylamine groups is 1. The van der Waals surface area contributed by atoms with Gasteiger partial charge in [-0.3, -0.25) is 10.0 Å². The van der Waals surface area contributed by atoms with E-state index in [9.17, 15) is 23.2 Å². The third-order valence-corrected chi connectivity index (χ3v) is 4.16. The van der Waals surface area contributed by atoms with E-state index in [-0.39, 0.29) is 11.1 Å². The van der Waals surface area contributed by atoms with Crippen LogP contribution in [0.15, 0.2) is 78.9 Å². The molecule has 144 valence electrons. The van der Waals surface area contributed by atoms with Crippen molar-refractivity contribution in [3.8, 4) is 16.9 Å². The maximum atomic E-state index is 13.2. The monoisotopic (exact) mass is 387 g/mol. The molecule has 0 bridgehead atoms. The number of carbonyl (C=O) groups is 1.